The molecular formula is C32H37N3O3S. The van der Waals surface area contributed by atoms with Gasteiger partial charge in [0.05, 0.1) is 25.6 Å². The van der Waals surface area contributed by atoms with Crippen LogP contribution in [-0.2, 0) is 13.0 Å². The summed E-state index contributed by atoms with van der Waals surface area (Å²) in [6.45, 7) is 5.77. The first-order chi connectivity index (χ1) is 19.1. The number of benzene rings is 3. The highest BCUT2D eigenvalue weighted by Gasteiger charge is 2.20. The Kier molecular flexibility index (Phi) is 10.1. The van der Waals surface area contributed by atoms with Gasteiger partial charge in [-0.15, -0.1) is 0 Å². The number of aromatic nitrogens is 2. The molecule has 4 aromatic rings. The van der Waals surface area contributed by atoms with Crippen LogP contribution in [0.1, 0.15) is 42.6 Å². The molecule has 3 aromatic carbocycles. The van der Waals surface area contributed by atoms with E-state index in [1.165, 1.54) is 5.56 Å². The van der Waals surface area contributed by atoms with Gasteiger partial charge in [0.2, 0.25) is 0 Å². The number of thioether (sulfide) groups is 1. The van der Waals surface area contributed by atoms with Crippen molar-refractivity contribution < 1.29 is 14.3 Å². The number of hydrogen-bond donors (Lipinski definition) is 1. The number of aryl methyl sites for hydroxylation is 1. The van der Waals surface area contributed by atoms with Gasteiger partial charge in [-0.3, -0.25) is 4.79 Å². The number of imidazole rings is 1. The highest BCUT2D eigenvalue weighted by molar-refractivity contribution is 7.99. The molecule has 1 N–H and O–H groups in total. The second-order valence-electron chi connectivity index (χ2n) is 9.21. The summed E-state index contributed by atoms with van der Waals surface area (Å²) >= 11 is 1.73. The van der Waals surface area contributed by atoms with Crippen LogP contribution in [0.2, 0.25) is 0 Å². The fraction of sp³-hybridized carbons (Fsp3) is 0.312. The number of amides is 1. The van der Waals surface area contributed by atoms with Gasteiger partial charge in [-0.1, -0.05) is 37.7 Å². The molecule has 4 rings (SSSR count). The van der Waals surface area contributed by atoms with E-state index in [1.54, 1.807) is 26.0 Å². The Labute approximate surface area is 235 Å². The standard InChI is InChI=1S/C32H37N3O3S/c1-5-21-35-30(25-14-18-28(38-4)19-15-25)29(24-12-16-27(37-3)17-13-24)34-32(35)39-22-7-20-33-31(36)26-10-8-23(6-2)9-11-26/h8-19H,5-7,20-22H2,1-4H3,(H,33,36). The summed E-state index contributed by atoms with van der Waals surface area (Å²) in [6, 6.07) is 24.0. The lowest BCUT2D eigenvalue weighted by Crippen LogP contribution is -2.24. The molecule has 0 aliphatic carbocycles. The molecule has 1 amide bonds. The molecule has 0 spiro atoms. The third-order valence-corrected chi connectivity index (χ3v) is 7.63. The van der Waals surface area contributed by atoms with Crippen molar-refractivity contribution in [1.82, 2.24) is 14.9 Å². The van der Waals surface area contributed by atoms with Crippen molar-refractivity contribution >= 4 is 17.7 Å². The molecule has 0 unspecified atom stereocenters. The van der Waals surface area contributed by atoms with Gasteiger partial charge >= 0.3 is 0 Å². The number of ether oxygens (including phenoxy) is 2. The average molecular weight is 544 g/mol. The summed E-state index contributed by atoms with van der Waals surface area (Å²) in [5.41, 5.74) is 6.11. The van der Waals surface area contributed by atoms with E-state index in [2.05, 4.69) is 48.0 Å². The normalized spacial score (nSPS) is 10.9. The van der Waals surface area contributed by atoms with E-state index in [0.29, 0.717) is 12.1 Å². The Morgan fingerprint density at radius 2 is 1.49 bits per heavy atom. The van der Waals surface area contributed by atoms with E-state index in [1.807, 2.05) is 48.5 Å². The molecule has 1 aromatic heterocycles. The maximum absolute atomic E-state index is 12.5. The fourth-order valence-electron chi connectivity index (χ4n) is 4.40. The number of rotatable bonds is 13. The van der Waals surface area contributed by atoms with Gasteiger partial charge in [-0.05, 0) is 85.5 Å². The molecule has 0 radical (unpaired) electrons. The van der Waals surface area contributed by atoms with Crippen molar-refractivity contribution in [1.29, 1.82) is 0 Å². The van der Waals surface area contributed by atoms with Crippen LogP contribution in [-0.4, -0.2) is 42.0 Å². The van der Waals surface area contributed by atoms with Crippen molar-refractivity contribution in [3.8, 4) is 34.0 Å². The van der Waals surface area contributed by atoms with E-state index < -0.39 is 0 Å². The second-order valence-corrected chi connectivity index (χ2v) is 10.3. The van der Waals surface area contributed by atoms with Crippen molar-refractivity contribution in [2.75, 3.05) is 26.5 Å². The van der Waals surface area contributed by atoms with Crippen LogP contribution in [0.5, 0.6) is 11.5 Å². The Balaban J connectivity index is 1.52. The van der Waals surface area contributed by atoms with Crippen LogP contribution in [0.25, 0.3) is 22.5 Å². The number of nitrogens with one attached hydrogen (secondary N) is 1. The zero-order valence-corrected chi connectivity index (χ0v) is 24.0. The minimum atomic E-state index is -0.0290. The molecule has 0 atom stereocenters. The monoisotopic (exact) mass is 543 g/mol. The van der Waals surface area contributed by atoms with Gasteiger partial charge < -0.3 is 19.4 Å². The number of methoxy groups -OCH3 is 2. The Morgan fingerprint density at radius 1 is 0.872 bits per heavy atom. The molecule has 1 heterocycles. The molecule has 0 fully saturated rings. The van der Waals surface area contributed by atoms with Gasteiger partial charge in [-0.2, -0.15) is 0 Å². The van der Waals surface area contributed by atoms with Crippen LogP contribution >= 0.6 is 11.8 Å². The molecule has 6 nitrogen and oxygen atoms in total. The zero-order chi connectivity index (χ0) is 27.6. The Hall–Kier alpha value is -3.71. The summed E-state index contributed by atoms with van der Waals surface area (Å²) in [4.78, 5) is 17.7. The maximum Gasteiger partial charge on any atom is 0.251 e. The largest absolute Gasteiger partial charge is 0.497 e. The molecule has 0 saturated carbocycles. The van der Waals surface area contributed by atoms with Crippen LogP contribution < -0.4 is 14.8 Å². The zero-order valence-electron chi connectivity index (χ0n) is 23.2. The molecule has 39 heavy (non-hydrogen) atoms. The lowest BCUT2D eigenvalue weighted by molar-refractivity contribution is 0.0954. The Bertz CT molecular complexity index is 1350. The van der Waals surface area contributed by atoms with Crippen LogP contribution in [0.3, 0.4) is 0 Å². The summed E-state index contributed by atoms with van der Waals surface area (Å²) in [5.74, 6) is 2.46. The van der Waals surface area contributed by atoms with Gasteiger partial charge in [0.15, 0.2) is 5.16 Å². The van der Waals surface area contributed by atoms with E-state index in [0.717, 1.165) is 70.7 Å². The summed E-state index contributed by atoms with van der Waals surface area (Å²) in [6.07, 6.45) is 2.80. The van der Waals surface area contributed by atoms with Gasteiger partial charge in [0.1, 0.15) is 11.5 Å². The van der Waals surface area contributed by atoms with Gasteiger partial charge in [-0.25, -0.2) is 4.98 Å². The van der Waals surface area contributed by atoms with Gasteiger partial charge in [0.25, 0.3) is 5.91 Å². The molecule has 7 heteroatoms. The first-order valence-corrected chi connectivity index (χ1v) is 14.5. The third kappa shape index (κ3) is 7.03. The molecule has 0 aliphatic rings. The third-order valence-electron chi connectivity index (χ3n) is 6.57. The SMILES string of the molecule is CCCn1c(SCCCNC(=O)c2ccc(CC)cc2)nc(-c2ccc(OC)cc2)c1-c1ccc(OC)cc1. The molecule has 204 valence electrons. The fourth-order valence-corrected chi connectivity index (χ4v) is 5.36. The minimum Gasteiger partial charge on any atom is -0.497 e. The molecule has 0 aliphatic heterocycles. The quantitative estimate of drug-likeness (QED) is 0.144. The van der Waals surface area contributed by atoms with Crippen molar-refractivity contribution in [2.24, 2.45) is 0 Å². The lowest BCUT2D eigenvalue weighted by atomic mass is 10.0. The predicted molar refractivity (Wildman–Crippen MR) is 160 cm³/mol. The van der Waals surface area contributed by atoms with Crippen LogP contribution in [0.4, 0.5) is 0 Å². The summed E-state index contributed by atoms with van der Waals surface area (Å²) in [7, 11) is 3.35. The second kappa shape index (κ2) is 13.9. The average Bonchev–Trinajstić information content (AvgIpc) is 3.35. The smallest absolute Gasteiger partial charge is 0.251 e. The first-order valence-electron chi connectivity index (χ1n) is 13.5. The number of carbonyl (C=O) groups excluding carboxylic acids is 1. The minimum absolute atomic E-state index is 0.0290. The van der Waals surface area contributed by atoms with Crippen molar-refractivity contribution in [3.05, 3.63) is 83.9 Å². The predicted octanol–water partition coefficient (Wildman–Crippen LogP) is 7.12. The number of carbonyl (C=O) groups is 1. The topological polar surface area (TPSA) is 65.4 Å². The van der Waals surface area contributed by atoms with E-state index >= 15 is 0 Å². The van der Waals surface area contributed by atoms with E-state index in [-0.39, 0.29) is 5.91 Å². The van der Waals surface area contributed by atoms with Gasteiger partial charge in [0, 0.05) is 35.5 Å². The Morgan fingerprint density at radius 3 is 2.05 bits per heavy atom. The number of hydrogen-bond acceptors (Lipinski definition) is 5. The van der Waals surface area contributed by atoms with Crippen LogP contribution in [0.15, 0.2) is 78.0 Å². The highest BCUT2D eigenvalue weighted by atomic mass is 32.2. The lowest BCUT2D eigenvalue weighted by Gasteiger charge is -2.13. The molecule has 0 bridgehead atoms. The number of nitrogens with zero attached hydrogens (tertiary/aromatic N) is 2. The molecule has 0 saturated heterocycles. The van der Waals surface area contributed by atoms with Crippen LogP contribution in [0, 0.1) is 0 Å². The summed E-state index contributed by atoms with van der Waals surface area (Å²) in [5, 5.41) is 4.03. The summed E-state index contributed by atoms with van der Waals surface area (Å²) < 4.78 is 13.1. The highest BCUT2D eigenvalue weighted by Crippen LogP contribution is 2.37. The molecular weight excluding hydrogens is 506 g/mol. The van der Waals surface area contributed by atoms with E-state index in [9.17, 15) is 4.79 Å². The van der Waals surface area contributed by atoms with E-state index in [4.69, 9.17) is 14.5 Å². The van der Waals surface area contributed by atoms with Crippen molar-refractivity contribution in [2.45, 2.75) is 44.8 Å². The van der Waals surface area contributed by atoms with Crippen molar-refractivity contribution in [3.63, 3.8) is 0 Å². The maximum atomic E-state index is 12.5. The first kappa shape index (κ1) is 28.3.